The van der Waals surface area contributed by atoms with Crippen LogP contribution in [0.5, 0.6) is 5.75 Å². The average molecular weight is 685 g/mol. The second-order valence-electron chi connectivity index (χ2n) is 14.9. The highest BCUT2D eigenvalue weighted by atomic mass is 16.5. The van der Waals surface area contributed by atoms with Crippen LogP contribution in [0, 0.1) is 39.5 Å². The number of nitrogen functional groups attached to an aromatic ring is 1. The molecule has 0 saturated heterocycles. The predicted molar refractivity (Wildman–Crippen MR) is 188 cm³/mol. The van der Waals surface area contributed by atoms with Gasteiger partial charge in [-0.3, -0.25) is 9.59 Å². The number of imidazole rings is 1. The Labute approximate surface area is 292 Å². The molecule has 50 heavy (non-hydrogen) atoms. The highest BCUT2D eigenvalue weighted by Gasteiger charge is 2.68. The van der Waals surface area contributed by atoms with Crippen molar-refractivity contribution in [3.63, 3.8) is 0 Å². The van der Waals surface area contributed by atoms with Crippen LogP contribution in [0.4, 0.5) is 5.82 Å². The summed E-state index contributed by atoms with van der Waals surface area (Å²) in [5.41, 5.74) is 15.0. The van der Waals surface area contributed by atoms with Crippen molar-refractivity contribution in [2.45, 2.75) is 78.6 Å². The first kappa shape index (κ1) is 35.2. The molecular formula is C37H48N8O5. The number of aliphatic hydroxyl groups is 1. The van der Waals surface area contributed by atoms with Gasteiger partial charge in [0, 0.05) is 40.5 Å². The molecular weight excluding hydrogens is 636 g/mol. The van der Waals surface area contributed by atoms with Crippen molar-refractivity contribution in [2.75, 3.05) is 19.4 Å². The molecule has 3 saturated carbocycles. The Bertz CT molecular complexity index is 1860. The SMILES string of the molecule is C=C[C@]1(C)C[C@@H](OC(=O)CN/C=C(\N=N)c2ccc(Cn3cnc4c(N)ncnc43)c(OC)c2)[C@]2(C)[C@H](C)CC[C@]3(CCC(=O)[C@H]32)[C@@H](C)[C@@H]1O. The minimum absolute atomic E-state index is 0.100. The molecule has 0 unspecified atom stereocenters. The number of nitrogens with one attached hydrogen (secondary N) is 2. The number of carbonyl (C=O) groups excluding carboxylic acids is 2. The maximum atomic E-state index is 13.7. The lowest BCUT2D eigenvalue weighted by atomic mass is 9.44. The van der Waals surface area contributed by atoms with Gasteiger partial charge < -0.3 is 30.2 Å². The summed E-state index contributed by atoms with van der Waals surface area (Å²) in [5, 5.41) is 18.4. The number of ether oxygens (including phenoxy) is 2. The number of hydrogen-bond donors (Lipinski definition) is 4. The molecule has 13 nitrogen and oxygen atoms in total. The molecule has 0 aliphatic heterocycles. The van der Waals surface area contributed by atoms with E-state index in [1.807, 2.05) is 23.6 Å². The van der Waals surface area contributed by atoms with Gasteiger partial charge >= 0.3 is 5.97 Å². The van der Waals surface area contributed by atoms with Gasteiger partial charge in [0.2, 0.25) is 0 Å². The van der Waals surface area contributed by atoms with Gasteiger partial charge in [0.1, 0.15) is 41.7 Å². The zero-order valence-corrected chi connectivity index (χ0v) is 29.5. The number of aliphatic hydroxyl groups excluding tert-OH is 1. The Hall–Kier alpha value is -4.65. The number of fused-ring (bicyclic) bond motifs is 1. The van der Waals surface area contributed by atoms with Crippen LogP contribution >= 0.6 is 0 Å². The van der Waals surface area contributed by atoms with E-state index in [0.29, 0.717) is 47.7 Å². The zero-order chi connectivity index (χ0) is 36.0. The number of esters is 1. The van der Waals surface area contributed by atoms with Crippen molar-refractivity contribution in [3.05, 3.63) is 60.8 Å². The Morgan fingerprint density at radius 1 is 1.26 bits per heavy atom. The van der Waals surface area contributed by atoms with Gasteiger partial charge in [-0.15, -0.1) is 6.58 Å². The molecule has 2 aromatic heterocycles. The van der Waals surface area contributed by atoms with Crippen LogP contribution in [-0.2, 0) is 20.9 Å². The summed E-state index contributed by atoms with van der Waals surface area (Å²) >= 11 is 0. The van der Waals surface area contributed by atoms with E-state index >= 15 is 0 Å². The quantitative estimate of drug-likeness (QED) is 0.124. The molecule has 2 heterocycles. The summed E-state index contributed by atoms with van der Waals surface area (Å²) in [6.45, 7) is 12.6. The van der Waals surface area contributed by atoms with Gasteiger partial charge in [0.15, 0.2) is 11.5 Å². The maximum Gasteiger partial charge on any atom is 0.325 e. The number of hydrogen-bond acceptors (Lipinski definition) is 12. The standard InChI is InChI=1S/C37H48N8O5/c1-7-35(4)15-28(36(5)21(2)10-12-37(22(3)32(35)48)13-11-26(46)31(36)37)50-29(47)17-40-16-25(44-39)23-8-9-24(27(14-23)49-6)18-45-20-43-30-33(38)41-19-42-34(30)45/h7-9,14,16,19-22,28,31-32,39-40,48H,1,10-13,15,17-18H2,2-6H3,(H2,38,41,42)/b25-16-,44-39?/t21-,22+,28-,31+,32+,35-,36+,37+/m1/s1. The third kappa shape index (κ3) is 5.65. The van der Waals surface area contributed by atoms with E-state index in [2.05, 4.69) is 52.7 Å². The fourth-order valence-corrected chi connectivity index (χ4v) is 9.35. The summed E-state index contributed by atoms with van der Waals surface area (Å²) < 4.78 is 13.8. The number of anilines is 1. The van der Waals surface area contributed by atoms with E-state index in [0.717, 1.165) is 24.8 Å². The number of nitrogens with two attached hydrogens (primary N) is 1. The fourth-order valence-electron chi connectivity index (χ4n) is 9.35. The summed E-state index contributed by atoms with van der Waals surface area (Å²) in [4.78, 5) is 39.8. The first-order valence-corrected chi connectivity index (χ1v) is 17.3. The first-order valence-electron chi connectivity index (χ1n) is 17.3. The lowest BCUT2D eigenvalue weighted by molar-refractivity contribution is -0.206. The van der Waals surface area contributed by atoms with E-state index in [4.69, 9.17) is 20.7 Å². The molecule has 0 radical (unpaired) electrons. The third-order valence-corrected chi connectivity index (χ3v) is 12.5. The lowest BCUT2D eigenvalue weighted by Gasteiger charge is -2.61. The number of nitrogens with zero attached hydrogens (tertiary/aromatic N) is 5. The van der Waals surface area contributed by atoms with Crippen LogP contribution < -0.4 is 15.8 Å². The average Bonchev–Trinajstić information content (AvgIpc) is 3.69. The summed E-state index contributed by atoms with van der Waals surface area (Å²) in [6, 6.07) is 5.46. The molecule has 3 fully saturated rings. The normalized spacial score (nSPS) is 32.5. The second-order valence-corrected chi connectivity index (χ2v) is 14.9. The van der Waals surface area contributed by atoms with Gasteiger partial charge in [0.25, 0.3) is 0 Å². The van der Waals surface area contributed by atoms with E-state index in [1.54, 1.807) is 25.6 Å². The van der Waals surface area contributed by atoms with E-state index in [9.17, 15) is 14.7 Å². The van der Waals surface area contributed by atoms with Crippen LogP contribution in [0.15, 0.2) is 54.8 Å². The molecule has 0 amide bonds. The highest BCUT2D eigenvalue weighted by Crippen LogP contribution is 2.68. The van der Waals surface area contributed by atoms with Crippen molar-refractivity contribution >= 4 is 34.4 Å². The smallest absolute Gasteiger partial charge is 0.325 e. The van der Waals surface area contributed by atoms with Crippen LogP contribution in [0.3, 0.4) is 0 Å². The van der Waals surface area contributed by atoms with E-state index in [1.165, 1.54) is 12.5 Å². The molecule has 13 heteroatoms. The van der Waals surface area contributed by atoms with Crippen molar-refractivity contribution in [3.8, 4) is 5.75 Å². The summed E-state index contributed by atoms with van der Waals surface area (Å²) in [5.74, 6) is 0.323. The number of methoxy groups -OCH3 is 1. The number of carbonyl (C=O) groups is 2. The molecule has 0 spiro atoms. The van der Waals surface area contributed by atoms with Crippen LogP contribution in [0.2, 0.25) is 0 Å². The zero-order valence-electron chi connectivity index (χ0n) is 29.5. The van der Waals surface area contributed by atoms with E-state index in [-0.39, 0.29) is 41.2 Å². The number of benzene rings is 1. The highest BCUT2D eigenvalue weighted by molar-refractivity contribution is 5.86. The van der Waals surface area contributed by atoms with Gasteiger partial charge in [-0.25, -0.2) is 20.5 Å². The Kier molecular flexibility index (Phi) is 9.31. The van der Waals surface area contributed by atoms with Crippen molar-refractivity contribution in [2.24, 2.45) is 39.1 Å². The molecule has 266 valence electrons. The molecule has 1 aromatic carbocycles. The van der Waals surface area contributed by atoms with Crippen molar-refractivity contribution in [1.82, 2.24) is 24.8 Å². The van der Waals surface area contributed by atoms with Crippen LogP contribution in [-0.4, -0.2) is 62.2 Å². The molecule has 8 atom stereocenters. The predicted octanol–water partition coefficient (Wildman–Crippen LogP) is 5.29. The minimum atomic E-state index is -0.731. The Morgan fingerprint density at radius 2 is 2.04 bits per heavy atom. The summed E-state index contributed by atoms with van der Waals surface area (Å²) in [7, 11) is 1.56. The van der Waals surface area contributed by atoms with Crippen LogP contribution in [0.25, 0.3) is 16.9 Å². The number of aromatic nitrogens is 4. The van der Waals surface area contributed by atoms with Crippen LogP contribution in [0.1, 0.15) is 70.9 Å². The number of rotatable bonds is 10. The molecule has 2 bridgehead atoms. The second kappa shape index (κ2) is 13.2. The molecule has 3 aromatic rings. The summed E-state index contributed by atoms with van der Waals surface area (Å²) in [6.07, 6.45) is 8.34. The third-order valence-electron chi connectivity index (χ3n) is 12.5. The van der Waals surface area contributed by atoms with Crippen molar-refractivity contribution in [1.29, 1.82) is 5.53 Å². The van der Waals surface area contributed by atoms with Gasteiger partial charge in [-0.1, -0.05) is 45.9 Å². The van der Waals surface area contributed by atoms with Crippen molar-refractivity contribution < 1.29 is 24.2 Å². The monoisotopic (exact) mass is 684 g/mol. The Balaban J connectivity index is 1.20. The first-order chi connectivity index (χ1) is 23.8. The molecule has 5 N–H and O–H groups in total. The van der Waals surface area contributed by atoms with Gasteiger partial charge in [-0.2, -0.15) is 5.11 Å². The molecule has 3 aliphatic carbocycles. The largest absolute Gasteiger partial charge is 0.496 e. The Morgan fingerprint density at radius 3 is 2.76 bits per heavy atom. The van der Waals surface area contributed by atoms with Gasteiger partial charge in [0.05, 0.1) is 26.1 Å². The number of Topliss-reactive ketones (excluding diaryl/α,β-unsaturated/α-hetero) is 1. The van der Waals surface area contributed by atoms with Gasteiger partial charge in [-0.05, 0) is 49.0 Å². The lowest BCUT2D eigenvalue weighted by Crippen LogP contribution is -2.63. The molecule has 6 rings (SSSR count). The molecule has 3 aliphatic rings. The fraction of sp³-hybridized carbons (Fsp3) is 0.541. The number of ketones is 1. The maximum absolute atomic E-state index is 13.7. The topological polar surface area (TPSA) is 191 Å². The minimum Gasteiger partial charge on any atom is -0.496 e. The van der Waals surface area contributed by atoms with E-state index < -0.39 is 29.0 Å².